The number of ketones is 1. The van der Waals surface area contributed by atoms with E-state index in [1.165, 1.54) is 93.8 Å². The second kappa shape index (κ2) is 42.3. The Morgan fingerprint density at radius 1 is 0.694 bits per heavy atom. The number of ether oxygens (including phenoxy) is 1. The van der Waals surface area contributed by atoms with Gasteiger partial charge in [-0.3, -0.25) is 54.2 Å². The van der Waals surface area contributed by atoms with Crippen molar-refractivity contribution < 1.29 is 83.7 Å². The Morgan fingerprint density at radius 3 is 1.92 bits per heavy atom. The lowest BCUT2D eigenvalue weighted by Gasteiger charge is -2.30. The first-order valence-corrected chi connectivity index (χ1v) is 42.1. The maximum Gasteiger partial charge on any atom is 0.323 e. The number of sulfonamides is 3. The lowest BCUT2D eigenvalue weighted by molar-refractivity contribution is -0.139. The number of anilines is 2. The van der Waals surface area contributed by atoms with Gasteiger partial charge in [0.1, 0.15) is 29.2 Å². The molecule has 4 heterocycles. The SMILES string of the molecule is CC(=O)CCCOc1ccc(S(=O)(=O)NC(CNC(=O)c2cn(C)c3cc(CNc4ncc[nH]4)ccc3c2=O)C(=O)O)c(C)c1.CNS(=O)(=O)c1ccc(-c2ccc(S(=O)(=O)NC(CNC(=O)C3=CCC4C(C=NN4CCCNc4ncc[nH]4)C3)C(=O)O)cc2)cc1.Cc1ccc(C(CC(=O)O)CC(=O)NNC(=O)c2cccc(N=C(N)N)c2)cc1. The summed E-state index contributed by atoms with van der Waals surface area (Å²) in [6.07, 6.45) is 14.2. The lowest BCUT2D eigenvalue weighted by atomic mass is 9.85. The number of imidazole rings is 2. The van der Waals surface area contributed by atoms with Crippen molar-refractivity contribution >= 4 is 118 Å². The number of benzene rings is 6. The molecule has 38 nitrogen and oxygen atoms in total. The third-order valence-corrected chi connectivity index (χ3v) is 23.5. The zero-order valence-electron chi connectivity index (χ0n) is 66.3. The van der Waals surface area contributed by atoms with Gasteiger partial charge in [0.2, 0.25) is 47.3 Å². The van der Waals surface area contributed by atoms with Gasteiger partial charge in [0.05, 0.1) is 45.0 Å². The van der Waals surface area contributed by atoms with Crippen LogP contribution in [0.3, 0.4) is 0 Å². The van der Waals surface area contributed by atoms with Crippen LogP contribution in [0, 0.1) is 19.8 Å². The number of H-pyrrole nitrogens is 2. The molecule has 2 aliphatic rings. The number of carboxylic acid groups (broad SMARTS) is 3. The van der Waals surface area contributed by atoms with E-state index in [2.05, 4.69) is 76.3 Å². The molecule has 0 spiro atoms. The number of hydrazone groups is 1. The monoisotopic (exact) mass is 1720 g/mol. The minimum atomic E-state index is -4.33. The number of hydrogen-bond donors (Lipinski definition) is 16. The minimum absolute atomic E-state index is 0.0369. The maximum absolute atomic E-state index is 13.2. The average molecular weight is 1720 g/mol. The molecule has 11 rings (SSSR count). The van der Waals surface area contributed by atoms with E-state index < -0.39 is 108 Å². The molecular weight excluding hydrogens is 1630 g/mol. The molecule has 3 aromatic heterocycles. The molecule has 1 aliphatic heterocycles. The Bertz CT molecular complexity index is 5730. The van der Waals surface area contributed by atoms with Crippen LogP contribution in [0.25, 0.3) is 22.0 Å². The Balaban J connectivity index is 0.000000212. The van der Waals surface area contributed by atoms with Gasteiger partial charge < -0.3 is 72.1 Å². The van der Waals surface area contributed by atoms with Gasteiger partial charge in [-0.05, 0) is 154 Å². The van der Waals surface area contributed by atoms with E-state index in [1.807, 2.05) is 36.4 Å². The molecule has 41 heteroatoms. The number of aliphatic imine (C=N–C) groups is 1. The molecule has 0 bridgehead atoms. The van der Waals surface area contributed by atoms with Gasteiger partial charge in [0.25, 0.3) is 11.8 Å². The van der Waals surface area contributed by atoms with Crippen LogP contribution in [0.4, 0.5) is 17.6 Å². The van der Waals surface area contributed by atoms with Crippen molar-refractivity contribution in [3.05, 3.63) is 220 Å². The second-order valence-electron chi connectivity index (χ2n) is 28.0. The van der Waals surface area contributed by atoms with Crippen LogP contribution in [0.15, 0.2) is 206 Å². The summed E-state index contributed by atoms with van der Waals surface area (Å²) in [6, 6.07) is 31.4. The molecule has 121 heavy (non-hydrogen) atoms. The van der Waals surface area contributed by atoms with Gasteiger partial charge >= 0.3 is 17.9 Å². The number of aromatic amines is 2. The average Bonchev–Trinajstić information content (AvgIpc) is 0.938. The van der Waals surface area contributed by atoms with Crippen LogP contribution in [0.1, 0.15) is 101 Å². The zero-order valence-corrected chi connectivity index (χ0v) is 68.7. The number of guanidine groups is 1. The third kappa shape index (κ3) is 26.5. The summed E-state index contributed by atoms with van der Waals surface area (Å²) >= 11 is 0. The first-order valence-electron chi connectivity index (χ1n) is 37.7. The summed E-state index contributed by atoms with van der Waals surface area (Å²) in [5.41, 5.74) is 20.4. The number of carbonyl (C=O) groups excluding carboxylic acids is 5. The number of carbonyl (C=O) groups is 8. The van der Waals surface area contributed by atoms with E-state index in [-0.39, 0.29) is 74.4 Å². The number of pyridine rings is 1. The topological polar surface area (TPSA) is 577 Å². The molecular formula is C80H93N19O19S3. The molecule has 0 saturated carbocycles. The molecule has 0 fully saturated rings. The highest BCUT2D eigenvalue weighted by Crippen LogP contribution is 2.33. The van der Waals surface area contributed by atoms with E-state index in [1.54, 1.807) is 91.0 Å². The van der Waals surface area contributed by atoms with Crippen LogP contribution in [-0.4, -0.2) is 188 Å². The smallest absolute Gasteiger partial charge is 0.323 e. The fourth-order valence-electron chi connectivity index (χ4n) is 12.7. The Labute approximate surface area is 695 Å². The number of Topliss-reactive ketones (excluding diaryl/α,β-unsaturated/α-hetero) is 1. The second-order valence-corrected chi connectivity index (χ2v) is 33.2. The number of nitrogens with zero attached hydrogens (tertiary/aromatic N) is 6. The fourth-order valence-corrected chi connectivity index (χ4v) is 16.0. The van der Waals surface area contributed by atoms with E-state index in [4.69, 9.17) is 21.3 Å². The van der Waals surface area contributed by atoms with Crippen LogP contribution in [-0.2, 0) is 72.4 Å². The molecule has 0 radical (unpaired) electrons. The summed E-state index contributed by atoms with van der Waals surface area (Å²) in [5, 5.41) is 46.7. The number of hydrazine groups is 1. The van der Waals surface area contributed by atoms with Crippen LogP contribution < -0.4 is 67.9 Å². The largest absolute Gasteiger partial charge is 0.494 e. The Morgan fingerprint density at radius 2 is 1.32 bits per heavy atom. The van der Waals surface area contributed by atoms with Gasteiger partial charge in [-0.1, -0.05) is 72.3 Å². The molecule has 6 aromatic carbocycles. The number of aromatic nitrogens is 5. The van der Waals surface area contributed by atoms with Crippen molar-refractivity contribution in [1.82, 2.24) is 65.2 Å². The van der Waals surface area contributed by atoms with E-state index in [9.17, 15) is 78.6 Å². The predicted molar refractivity (Wildman–Crippen MR) is 448 cm³/mol. The highest BCUT2D eigenvalue weighted by atomic mass is 32.2. The van der Waals surface area contributed by atoms with Crippen molar-refractivity contribution in [2.24, 2.45) is 34.5 Å². The van der Waals surface area contributed by atoms with E-state index in [0.717, 1.165) is 36.2 Å². The number of fused-ring (bicyclic) bond motifs is 2. The standard InChI is InChI=1S/C30H36N8O7S2.C30H34N6O8S.C20H23N5O4/c1-31-46(42,43)24-8-3-20(4-9-24)21-5-10-25(11-6-21)47(44,45)37-26(29(40)41)19-35-28(39)22-7-12-27-23(17-22)18-36-38(27)16-2-13-32-30-33-14-15-34-30;1-18-13-21(44-12-4-5-19(2)37)7-9-26(18)45(42,43)35-24(29(40)41)16-33-28(39)23-17-36(3)25-14-20(6-8-22(25)27(23)38)15-34-30-31-10-11-32-30;1-12-5-7-13(8-6-12)15(11-18(27)28)10-17(26)24-25-19(29)14-3-2-4-16(9-14)23-20(21)22/h3-11,14-15,18,23,26-27,31,37H,2,12-13,16-17,19H2,1H3,(H,35,39)(H,40,41)(H2,32,33,34);6-11,13-14,17,24,35H,4-5,12,15-16H2,1-3H3,(H,33,39)(H,40,41)(H2,31,32,34);2-9,15H,10-11H2,1H3,(H,24,26)(H,25,29)(H,27,28)(H4,21,22,23). The number of aliphatic carboxylic acids is 3. The van der Waals surface area contributed by atoms with Crippen molar-refractivity contribution in [3.8, 4) is 16.9 Å². The fraction of sp³-hybridized carbons (Fsp3) is 0.287. The molecule has 9 aromatic rings. The molecule has 4 amide bonds. The Hall–Kier alpha value is -13.5. The molecule has 0 saturated heterocycles. The van der Waals surface area contributed by atoms with Crippen molar-refractivity contribution in [2.75, 3.05) is 50.5 Å². The van der Waals surface area contributed by atoms with Gasteiger partial charge in [-0.25, -0.2) is 44.9 Å². The summed E-state index contributed by atoms with van der Waals surface area (Å²) < 4.78 is 89.8. The van der Waals surface area contributed by atoms with Crippen molar-refractivity contribution in [1.29, 1.82) is 0 Å². The molecule has 640 valence electrons. The number of nitrogens with one attached hydrogen (secondary N) is 11. The van der Waals surface area contributed by atoms with Crippen molar-refractivity contribution in [2.45, 2.75) is 111 Å². The zero-order chi connectivity index (χ0) is 87.7. The first-order chi connectivity index (χ1) is 57.6. The number of aryl methyl sites for hydroxylation is 3. The number of amides is 4. The van der Waals surface area contributed by atoms with Crippen LogP contribution in [0.5, 0.6) is 5.75 Å². The number of hydrogen-bond acceptors (Lipinski definition) is 23. The minimum Gasteiger partial charge on any atom is -0.494 e. The third-order valence-electron chi connectivity index (χ3n) is 19.0. The lowest BCUT2D eigenvalue weighted by Crippen LogP contribution is -2.48. The number of rotatable bonds is 37. The Kier molecular flexibility index (Phi) is 31.9. The normalized spacial score (nSPS) is 14.3. The van der Waals surface area contributed by atoms with Crippen molar-refractivity contribution in [3.63, 3.8) is 0 Å². The number of carboxylic acids is 3. The first kappa shape index (κ1) is 91.4. The molecule has 18 N–H and O–H groups in total. The van der Waals surface area contributed by atoms with Gasteiger partial charge in [-0.2, -0.15) is 14.5 Å². The summed E-state index contributed by atoms with van der Waals surface area (Å²) in [4.78, 5) is 128. The van der Waals surface area contributed by atoms with E-state index >= 15 is 0 Å². The summed E-state index contributed by atoms with van der Waals surface area (Å²) in [7, 11) is -9.21. The molecule has 5 atom stereocenters. The highest BCUT2D eigenvalue weighted by molar-refractivity contribution is 7.90. The predicted octanol–water partition coefficient (Wildman–Crippen LogP) is 4.74. The maximum atomic E-state index is 13.2. The van der Waals surface area contributed by atoms with Gasteiger partial charge in [-0.15, -0.1) is 0 Å². The highest BCUT2D eigenvalue weighted by Gasteiger charge is 2.36. The van der Waals surface area contributed by atoms with Gasteiger partial charge in [0, 0.05) is 118 Å². The molecule has 5 unspecified atom stereocenters. The van der Waals surface area contributed by atoms with Gasteiger partial charge in [0.15, 0.2) is 17.9 Å². The summed E-state index contributed by atoms with van der Waals surface area (Å²) in [6.45, 7) is 6.02. The van der Waals surface area contributed by atoms with E-state index in [0.29, 0.717) is 83.3 Å². The molecule has 1 aliphatic carbocycles. The quantitative estimate of drug-likeness (QED) is 0.0108. The summed E-state index contributed by atoms with van der Waals surface area (Å²) in [5.74, 6) is -5.24. The van der Waals surface area contributed by atoms with Crippen LogP contribution in [0.2, 0.25) is 0 Å². The number of nitrogens with two attached hydrogens (primary N) is 2. The van der Waals surface area contributed by atoms with Crippen LogP contribution >= 0.6 is 0 Å².